The van der Waals surface area contributed by atoms with Crippen LogP contribution in [0.3, 0.4) is 0 Å². The molecule has 7 nitrogen and oxygen atoms in total. The van der Waals surface area contributed by atoms with Crippen LogP contribution in [0.1, 0.15) is 0 Å². The second-order valence-electron chi connectivity index (χ2n) is 7.29. The Balaban J connectivity index is 0.00000324. The van der Waals surface area contributed by atoms with Crippen molar-refractivity contribution in [3.63, 3.8) is 0 Å². The Labute approximate surface area is 205 Å². The van der Waals surface area contributed by atoms with Crippen molar-refractivity contribution in [1.82, 2.24) is 9.97 Å². The van der Waals surface area contributed by atoms with Gasteiger partial charge in [0.25, 0.3) is 0 Å². The van der Waals surface area contributed by atoms with Crippen molar-refractivity contribution >= 4 is 34.8 Å². The Morgan fingerprint density at radius 1 is 0.706 bits per heavy atom. The molecule has 8 heteroatoms. The van der Waals surface area contributed by atoms with Crippen molar-refractivity contribution < 1.29 is 18.9 Å². The molecule has 1 N–H and O–H groups in total. The fraction of sp³-hybridized carbons (Fsp3) is 0.231. The Kier molecular flexibility index (Phi) is 9.46. The van der Waals surface area contributed by atoms with Gasteiger partial charge in [-0.05, 0) is 29.3 Å². The van der Waals surface area contributed by atoms with Gasteiger partial charge in [-0.2, -0.15) is 0 Å². The van der Waals surface area contributed by atoms with Gasteiger partial charge < -0.3 is 24.3 Å². The number of nitrogens with zero attached hydrogens (tertiary/aromatic N) is 2. The number of hydrogen-bond donors (Lipinski definition) is 1. The van der Waals surface area contributed by atoms with E-state index >= 15 is 0 Å². The first-order valence-corrected chi connectivity index (χ1v) is 10.7. The molecule has 0 radical (unpaired) electrons. The van der Waals surface area contributed by atoms with Crippen LogP contribution in [0.4, 0.5) is 11.5 Å². The zero-order valence-electron chi connectivity index (χ0n) is 19.2. The summed E-state index contributed by atoms with van der Waals surface area (Å²) in [6, 6.07) is 22.2. The predicted octanol–water partition coefficient (Wildman–Crippen LogP) is 5.51. The average molecular weight is 482 g/mol. The quantitative estimate of drug-likeness (QED) is 0.283. The van der Waals surface area contributed by atoms with E-state index in [-0.39, 0.29) is 12.4 Å². The van der Waals surface area contributed by atoms with E-state index in [9.17, 15) is 0 Å². The number of nitrogens with one attached hydrogen (secondary N) is 1. The van der Waals surface area contributed by atoms with Crippen molar-refractivity contribution in [3.05, 3.63) is 73.1 Å². The van der Waals surface area contributed by atoms with Gasteiger partial charge >= 0.3 is 0 Å². The lowest BCUT2D eigenvalue weighted by atomic mass is 10.1. The molecule has 0 aliphatic rings. The molecule has 1 aromatic heterocycles. The number of benzene rings is 3. The minimum atomic E-state index is 0. The number of fused-ring (bicyclic) bond motifs is 1. The van der Waals surface area contributed by atoms with Crippen LogP contribution >= 0.6 is 12.4 Å². The number of anilines is 2. The third kappa shape index (κ3) is 6.35. The van der Waals surface area contributed by atoms with Gasteiger partial charge in [-0.3, -0.25) is 0 Å². The van der Waals surface area contributed by atoms with Crippen molar-refractivity contribution in [2.45, 2.75) is 0 Å². The van der Waals surface area contributed by atoms with Gasteiger partial charge in [0.15, 0.2) is 11.5 Å². The van der Waals surface area contributed by atoms with E-state index < -0.39 is 0 Å². The van der Waals surface area contributed by atoms with Crippen molar-refractivity contribution in [2.24, 2.45) is 0 Å². The van der Waals surface area contributed by atoms with Gasteiger partial charge in [-0.1, -0.05) is 42.5 Å². The molecule has 1 heterocycles. The van der Waals surface area contributed by atoms with Crippen LogP contribution in [0.15, 0.2) is 73.1 Å². The summed E-state index contributed by atoms with van der Waals surface area (Å²) in [5, 5.41) is 4.26. The Bertz CT molecular complexity index is 1190. The van der Waals surface area contributed by atoms with Gasteiger partial charge in [0, 0.05) is 31.4 Å². The lowest BCUT2D eigenvalue weighted by molar-refractivity contribution is 0.132. The maximum Gasteiger partial charge on any atom is 0.163 e. The highest BCUT2D eigenvalue weighted by atomic mass is 35.5. The molecule has 178 valence electrons. The highest BCUT2D eigenvalue weighted by Gasteiger charge is 2.13. The molecule has 0 fully saturated rings. The normalized spacial score (nSPS) is 10.5. The molecule has 0 saturated carbocycles. The van der Waals surface area contributed by atoms with Crippen LogP contribution in [0.2, 0.25) is 0 Å². The average Bonchev–Trinajstić information content (AvgIpc) is 2.85. The summed E-state index contributed by atoms with van der Waals surface area (Å²) in [7, 11) is 3.27. The summed E-state index contributed by atoms with van der Waals surface area (Å²) in [5.41, 5.74) is 3.95. The van der Waals surface area contributed by atoms with E-state index in [0.717, 1.165) is 27.7 Å². The predicted molar refractivity (Wildman–Crippen MR) is 137 cm³/mol. The lowest BCUT2D eigenvalue weighted by Gasteiger charge is -2.15. The molecule has 4 aromatic rings. The monoisotopic (exact) mass is 481 g/mol. The van der Waals surface area contributed by atoms with Crippen LogP contribution in [0, 0.1) is 0 Å². The van der Waals surface area contributed by atoms with Gasteiger partial charge in [0.05, 0.1) is 18.7 Å². The van der Waals surface area contributed by atoms with Gasteiger partial charge in [0.1, 0.15) is 25.4 Å². The molecular formula is C26H28ClN3O4. The summed E-state index contributed by atoms with van der Waals surface area (Å²) in [6.07, 6.45) is 1.54. The highest BCUT2D eigenvalue weighted by molar-refractivity contribution is 5.93. The van der Waals surface area contributed by atoms with Crippen LogP contribution in [0.25, 0.3) is 22.0 Å². The number of ether oxygens (including phenoxy) is 4. The summed E-state index contributed by atoms with van der Waals surface area (Å²) in [5.74, 6) is 1.89. The van der Waals surface area contributed by atoms with E-state index in [1.807, 2.05) is 42.5 Å². The fourth-order valence-corrected chi connectivity index (χ4v) is 3.40. The summed E-state index contributed by atoms with van der Waals surface area (Å²) in [6.45, 7) is 1.76. The molecule has 0 spiro atoms. The van der Waals surface area contributed by atoms with E-state index in [1.54, 1.807) is 14.2 Å². The van der Waals surface area contributed by atoms with E-state index in [4.69, 9.17) is 18.9 Å². The third-order valence-corrected chi connectivity index (χ3v) is 5.02. The SMILES string of the molecule is COCCOc1cc2ncnc(Nc3cccc(-c4ccccc4)c3)c2cc1OCCOC.Cl. The van der Waals surface area contributed by atoms with Gasteiger partial charge in [-0.25, -0.2) is 9.97 Å². The molecule has 0 unspecified atom stereocenters. The molecular weight excluding hydrogens is 454 g/mol. The zero-order chi connectivity index (χ0) is 22.9. The summed E-state index contributed by atoms with van der Waals surface area (Å²) >= 11 is 0. The molecule has 0 aliphatic heterocycles. The first-order chi connectivity index (χ1) is 16.3. The van der Waals surface area contributed by atoms with E-state index in [2.05, 4.69) is 39.6 Å². The van der Waals surface area contributed by atoms with Crippen LogP contribution in [0.5, 0.6) is 11.5 Å². The second kappa shape index (κ2) is 12.7. The maximum absolute atomic E-state index is 5.92. The minimum absolute atomic E-state index is 0. The van der Waals surface area contributed by atoms with Crippen molar-refractivity contribution in [1.29, 1.82) is 0 Å². The van der Waals surface area contributed by atoms with Gasteiger partial charge in [0.2, 0.25) is 0 Å². The minimum Gasteiger partial charge on any atom is -0.487 e. The lowest BCUT2D eigenvalue weighted by Crippen LogP contribution is -2.09. The maximum atomic E-state index is 5.92. The first kappa shape index (κ1) is 25.2. The van der Waals surface area contributed by atoms with Crippen molar-refractivity contribution in [2.75, 3.05) is 46.0 Å². The Hall–Kier alpha value is -3.39. The second-order valence-corrected chi connectivity index (χ2v) is 7.29. The largest absolute Gasteiger partial charge is 0.487 e. The van der Waals surface area contributed by atoms with Crippen LogP contribution in [-0.4, -0.2) is 50.6 Å². The van der Waals surface area contributed by atoms with Crippen molar-refractivity contribution in [3.8, 4) is 22.6 Å². The molecule has 0 aliphatic carbocycles. The number of aromatic nitrogens is 2. The Morgan fingerprint density at radius 3 is 2.09 bits per heavy atom. The molecule has 34 heavy (non-hydrogen) atoms. The third-order valence-electron chi connectivity index (χ3n) is 5.02. The first-order valence-electron chi connectivity index (χ1n) is 10.7. The van der Waals surface area contributed by atoms with Crippen LogP contribution < -0.4 is 14.8 Å². The smallest absolute Gasteiger partial charge is 0.163 e. The molecule has 0 bridgehead atoms. The fourth-order valence-electron chi connectivity index (χ4n) is 3.40. The standard InChI is InChI=1S/C26H27N3O4.ClH/c1-30-11-13-32-24-16-22-23(17-25(24)33-14-12-31-2)27-18-28-26(22)29-21-10-6-9-20(15-21)19-7-4-3-5-8-19;/h3-10,15-18H,11-14H2,1-2H3,(H,27,28,29);1H. The zero-order valence-corrected chi connectivity index (χ0v) is 20.0. The number of halogens is 1. The number of rotatable bonds is 11. The molecule has 4 rings (SSSR count). The number of methoxy groups -OCH3 is 2. The Morgan fingerprint density at radius 2 is 1.38 bits per heavy atom. The summed E-state index contributed by atoms with van der Waals surface area (Å²) < 4.78 is 22.0. The molecule has 0 amide bonds. The topological polar surface area (TPSA) is 74.7 Å². The highest BCUT2D eigenvalue weighted by Crippen LogP contribution is 2.35. The molecule has 0 saturated heterocycles. The summed E-state index contributed by atoms with van der Waals surface area (Å²) in [4.78, 5) is 8.92. The van der Waals surface area contributed by atoms with E-state index in [0.29, 0.717) is 43.7 Å². The molecule has 3 aromatic carbocycles. The van der Waals surface area contributed by atoms with E-state index in [1.165, 1.54) is 6.33 Å². The number of hydrogen-bond acceptors (Lipinski definition) is 7. The van der Waals surface area contributed by atoms with Gasteiger partial charge in [-0.15, -0.1) is 12.4 Å². The van der Waals surface area contributed by atoms with Crippen LogP contribution in [-0.2, 0) is 9.47 Å². The molecule has 0 atom stereocenters.